The number of hydrogen-bond donors (Lipinski definition) is 0. The Bertz CT molecular complexity index is 394. The van der Waals surface area contributed by atoms with Crippen LogP contribution in [0.5, 0.6) is 0 Å². The summed E-state index contributed by atoms with van der Waals surface area (Å²) in [6.07, 6.45) is 1.49. The van der Waals surface area contributed by atoms with E-state index in [1.807, 2.05) is 6.07 Å². The van der Waals surface area contributed by atoms with Crippen LogP contribution < -0.4 is 0 Å². The highest BCUT2D eigenvalue weighted by Gasteiger charge is 2.14. The normalized spacial score (nSPS) is 9.21. The van der Waals surface area contributed by atoms with Crippen LogP contribution in [-0.2, 0) is 4.74 Å². The average molecular weight is 190 g/mol. The fourth-order valence-electron chi connectivity index (χ4n) is 1.09. The maximum absolute atomic E-state index is 11.4. The summed E-state index contributed by atoms with van der Waals surface area (Å²) in [6, 6.07) is 3.43. The number of ether oxygens (including phenoxy) is 1. The van der Waals surface area contributed by atoms with Gasteiger partial charge in [-0.15, -0.1) is 0 Å². The predicted molar refractivity (Wildman–Crippen MR) is 49.6 cm³/mol. The van der Waals surface area contributed by atoms with E-state index in [9.17, 15) is 4.79 Å². The van der Waals surface area contributed by atoms with Crippen molar-refractivity contribution in [1.29, 1.82) is 5.26 Å². The molecule has 0 saturated heterocycles. The zero-order valence-electron chi connectivity index (χ0n) is 8.07. The number of aryl methyl sites for hydroxylation is 1. The number of nitriles is 1. The van der Waals surface area contributed by atoms with Gasteiger partial charge in [-0.25, -0.2) is 4.79 Å². The number of nitrogens with zero attached hydrogens (tertiary/aromatic N) is 2. The van der Waals surface area contributed by atoms with Gasteiger partial charge in [-0.3, -0.25) is 4.98 Å². The van der Waals surface area contributed by atoms with Crippen molar-refractivity contribution in [3.05, 3.63) is 29.1 Å². The zero-order chi connectivity index (χ0) is 10.6. The molecule has 0 amide bonds. The molecule has 0 aromatic carbocycles. The Kier molecular flexibility index (Phi) is 3.19. The van der Waals surface area contributed by atoms with Crippen LogP contribution >= 0.6 is 0 Å². The Balaban J connectivity index is 3.15. The van der Waals surface area contributed by atoms with Gasteiger partial charge in [-0.2, -0.15) is 5.26 Å². The molecule has 1 rings (SSSR count). The summed E-state index contributed by atoms with van der Waals surface area (Å²) in [5.74, 6) is -0.477. The van der Waals surface area contributed by atoms with E-state index in [2.05, 4.69) is 4.98 Å². The van der Waals surface area contributed by atoms with Gasteiger partial charge in [0.15, 0.2) is 0 Å². The van der Waals surface area contributed by atoms with Crippen molar-refractivity contribution in [2.24, 2.45) is 0 Å². The SMILES string of the molecule is CCOC(=O)c1ccnc(C)c1C#N. The highest BCUT2D eigenvalue weighted by atomic mass is 16.5. The molecule has 0 bridgehead atoms. The smallest absolute Gasteiger partial charge is 0.339 e. The molecule has 0 aliphatic rings. The second-order valence-electron chi connectivity index (χ2n) is 2.65. The molecule has 0 atom stereocenters. The number of aromatic nitrogens is 1. The van der Waals surface area contributed by atoms with Crippen LogP contribution in [0.15, 0.2) is 12.3 Å². The van der Waals surface area contributed by atoms with Crippen LogP contribution in [0.4, 0.5) is 0 Å². The molecule has 1 aromatic heterocycles. The van der Waals surface area contributed by atoms with Crippen LogP contribution in [0.25, 0.3) is 0 Å². The molecule has 0 spiro atoms. The zero-order valence-corrected chi connectivity index (χ0v) is 8.07. The average Bonchev–Trinajstić information content (AvgIpc) is 2.17. The Labute approximate surface area is 82.1 Å². The van der Waals surface area contributed by atoms with Crippen LogP contribution in [0.3, 0.4) is 0 Å². The van der Waals surface area contributed by atoms with E-state index in [0.29, 0.717) is 12.3 Å². The molecule has 4 heteroatoms. The first-order valence-electron chi connectivity index (χ1n) is 4.23. The molecule has 0 aliphatic carbocycles. The first-order valence-corrected chi connectivity index (χ1v) is 4.23. The number of pyridine rings is 1. The molecule has 4 nitrogen and oxygen atoms in total. The minimum absolute atomic E-state index is 0.279. The van der Waals surface area contributed by atoms with Gasteiger partial charge in [0.1, 0.15) is 6.07 Å². The minimum Gasteiger partial charge on any atom is -0.462 e. The fraction of sp³-hybridized carbons (Fsp3) is 0.300. The van der Waals surface area contributed by atoms with Gasteiger partial charge >= 0.3 is 5.97 Å². The van der Waals surface area contributed by atoms with E-state index in [1.54, 1.807) is 13.8 Å². The largest absolute Gasteiger partial charge is 0.462 e. The van der Waals surface area contributed by atoms with Gasteiger partial charge in [0.25, 0.3) is 0 Å². The third-order valence-corrected chi connectivity index (χ3v) is 1.75. The third-order valence-electron chi connectivity index (χ3n) is 1.75. The van der Waals surface area contributed by atoms with Crippen molar-refractivity contribution in [2.75, 3.05) is 6.61 Å². The summed E-state index contributed by atoms with van der Waals surface area (Å²) in [6.45, 7) is 3.70. The fourth-order valence-corrected chi connectivity index (χ4v) is 1.09. The predicted octanol–water partition coefficient (Wildman–Crippen LogP) is 1.44. The quantitative estimate of drug-likeness (QED) is 0.662. The summed E-state index contributed by atoms with van der Waals surface area (Å²) in [4.78, 5) is 15.3. The van der Waals surface area contributed by atoms with Gasteiger partial charge in [-0.1, -0.05) is 0 Å². The van der Waals surface area contributed by atoms with Crippen molar-refractivity contribution in [3.63, 3.8) is 0 Å². The Hall–Kier alpha value is -1.89. The number of carbonyl (C=O) groups excluding carboxylic acids is 1. The third kappa shape index (κ3) is 1.88. The summed E-state index contributed by atoms with van der Waals surface area (Å²) >= 11 is 0. The summed E-state index contributed by atoms with van der Waals surface area (Å²) in [7, 11) is 0. The summed E-state index contributed by atoms with van der Waals surface area (Å²) in [5.41, 5.74) is 1.10. The molecular weight excluding hydrogens is 180 g/mol. The number of carbonyl (C=O) groups is 1. The lowest BCUT2D eigenvalue weighted by molar-refractivity contribution is 0.0525. The molecule has 14 heavy (non-hydrogen) atoms. The number of rotatable bonds is 2. The second kappa shape index (κ2) is 4.38. The minimum atomic E-state index is -0.477. The van der Waals surface area contributed by atoms with E-state index in [1.165, 1.54) is 12.3 Å². The lowest BCUT2D eigenvalue weighted by Gasteiger charge is -2.04. The van der Waals surface area contributed by atoms with E-state index in [4.69, 9.17) is 10.00 Å². The Morgan fingerprint density at radius 2 is 2.43 bits per heavy atom. The van der Waals surface area contributed by atoms with Crippen molar-refractivity contribution in [1.82, 2.24) is 4.98 Å². The Morgan fingerprint density at radius 1 is 1.71 bits per heavy atom. The molecule has 1 aromatic rings. The topological polar surface area (TPSA) is 63.0 Å². The first kappa shape index (κ1) is 10.2. The van der Waals surface area contributed by atoms with Crippen LogP contribution in [0.1, 0.15) is 28.5 Å². The molecule has 0 N–H and O–H groups in total. The number of esters is 1. The molecule has 72 valence electrons. The molecule has 0 saturated carbocycles. The standard InChI is InChI=1S/C10H10N2O2/c1-3-14-10(13)8-4-5-12-7(2)9(8)6-11/h4-5H,3H2,1-2H3. The van der Waals surface area contributed by atoms with Crippen LogP contribution in [-0.4, -0.2) is 17.6 Å². The maximum atomic E-state index is 11.4. The second-order valence-corrected chi connectivity index (χ2v) is 2.65. The Morgan fingerprint density at radius 3 is 3.00 bits per heavy atom. The van der Waals surface area contributed by atoms with E-state index in [-0.39, 0.29) is 11.1 Å². The molecular formula is C10H10N2O2. The molecule has 0 aliphatic heterocycles. The summed E-state index contributed by atoms with van der Waals surface area (Å²) < 4.78 is 4.81. The van der Waals surface area contributed by atoms with Crippen LogP contribution in [0, 0.1) is 18.3 Å². The van der Waals surface area contributed by atoms with Gasteiger partial charge in [0.2, 0.25) is 0 Å². The lowest BCUT2D eigenvalue weighted by Crippen LogP contribution is -2.08. The first-order chi connectivity index (χ1) is 6.70. The van der Waals surface area contributed by atoms with Gasteiger partial charge in [0, 0.05) is 6.20 Å². The van der Waals surface area contributed by atoms with Crippen molar-refractivity contribution in [3.8, 4) is 6.07 Å². The van der Waals surface area contributed by atoms with Crippen LogP contribution in [0.2, 0.25) is 0 Å². The van der Waals surface area contributed by atoms with Crippen molar-refractivity contribution in [2.45, 2.75) is 13.8 Å². The molecule has 0 unspecified atom stereocenters. The van der Waals surface area contributed by atoms with E-state index < -0.39 is 5.97 Å². The number of hydrogen-bond acceptors (Lipinski definition) is 4. The monoisotopic (exact) mass is 190 g/mol. The summed E-state index contributed by atoms with van der Waals surface area (Å²) in [5, 5.41) is 8.82. The van der Waals surface area contributed by atoms with Gasteiger partial charge in [0.05, 0.1) is 23.4 Å². The lowest BCUT2D eigenvalue weighted by atomic mass is 10.1. The van der Waals surface area contributed by atoms with E-state index in [0.717, 1.165) is 0 Å². The van der Waals surface area contributed by atoms with E-state index >= 15 is 0 Å². The molecule has 0 radical (unpaired) electrons. The van der Waals surface area contributed by atoms with Crippen molar-refractivity contribution < 1.29 is 9.53 Å². The maximum Gasteiger partial charge on any atom is 0.339 e. The molecule has 1 heterocycles. The van der Waals surface area contributed by atoms with Gasteiger partial charge < -0.3 is 4.74 Å². The molecule has 0 fully saturated rings. The van der Waals surface area contributed by atoms with Gasteiger partial charge in [-0.05, 0) is 19.9 Å². The highest BCUT2D eigenvalue weighted by Crippen LogP contribution is 2.11. The van der Waals surface area contributed by atoms with Crippen molar-refractivity contribution >= 4 is 5.97 Å². The highest BCUT2D eigenvalue weighted by molar-refractivity contribution is 5.92.